The van der Waals surface area contributed by atoms with E-state index in [0.29, 0.717) is 28.7 Å². The van der Waals surface area contributed by atoms with E-state index in [0.717, 1.165) is 30.8 Å². The summed E-state index contributed by atoms with van der Waals surface area (Å²) in [6.45, 7) is 6.40. The molecule has 1 aliphatic carbocycles. The van der Waals surface area contributed by atoms with Crippen molar-refractivity contribution in [2.45, 2.75) is 46.1 Å². The minimum absolute atomic E-state index is 0.142. The number of methoxy groups -OCH3 is 1. The van der Waals surface area contributed by atoms with Crippen molar-refractivity contribution >= 4 is 28.5 Å². The maximum absolute atomic E-state index is 13.1. The Kier molecular flexibility index (Phi) is 6.34. The molecule has 1 aromatic heterocycles. The fraction of sp³-hybridized carbons (Fsp3) is 0.476. The zero-order valence-electron chi connectivity index (χ0n) is 16.8. The van der Waals surface area contributed by atoms with Crippen LogP contribution in [0, 0.1) is 19.8 Å². The van der Waals surface area contributed by atoms with Crippen molar-refractivity contribution in [2.24, 2.45) is 5.92 Å². The number of amides is 2. The lowest BCUT2D eigenvalue weighted by atomic mass is 10.00. The van der Waals surface area contributed by atoms with Crippen LogP contribution in [0.2, 0.25) is 0 Å². The number of nitrogens with one attached hydrogen (secondary N) is 1. The molecule has 1 aromatic carbocycles. The summed E-state index contributed by atoms with van der Waals surface area (Å²) in [6.07, 6.45) is 3.12. The Labute approximate surface area is 170 Å². The number of anilines is 1. The summed E-state index contributed by atoms with van der Waals surface area (Å²) >= 11 is 1.11. The van der Waals surface area contributed by atoms with E-state index >= 15 is 0 Å². The highest BCUT2D eigenvalue weighted by Crippen LogP contribution is 2.37. The first-order valence-electron chi connectivity index (χ1n) is 9.62. The fourth-order valence-corrected chi connectivity index (χ4v) is 4.25. The maximum Gasteiger partial charge on any atom is 0.342 e. The summed E-state index contributed by atoms with van der Waals surface area (Å²) in [7, 11) is 1.33. The highest BCUT2D eigenvalue weighted by Gasteiger charge is 2.37. The van der Waals surface area contributed by atoms with E-state index < -0.39 is 5.97 Å². The van der Waals surface area contributed by atoms with Crippen molar-refractivity contribution < 1.29 is 14.3 Å². The third-order valence-electron chi connectivity index (χ3n) is 5.21. The molecule has 3 rings (SSSR count). The van der Waals surface area contributed by atoms with E-state index in [1.165, 1.54) is 18.2 Å². The first-order valence-corrected chi connectivity index (χ1v) is 10.4. The van der Waals surface area contributed by atoms with Gasteiger partial charge in [-0.05, 0) is 63.0 Å². The van der Waals surface area contributed by atoms with Gasteiger partial charge in [-0.25, -0.2) is 9.59 Å². The van der Waals surface area contributed by atoms with Gasteiger partial charge in [0.1, 0.15) is 10.6 Å². The molecule has 150 valence electrons. The molecule has 1 saturated carbocycles. The molecule has 1 heterocycles. The van der Waals surface area contributed by atoms with E-state index in [2.05, 4.69) is 40.9 Å². The molecule has 0 saturated heterocycles. The molecule has 0 radical (unpaired) electrons. The number of urea groups is 1. The zero-order chi connectivity index (χ0) is 20.3. The number of rotatable bonds is 7. The van der Waals surface area contributed by atoms with Gasteiger partial charge in [0.2, 0.25) is 0 Å². The highest BCUT2D eigenvalue weighted by atomic mass is 32.1. The van der Waals surface area contributed by atoms with Gasteiger partial charge in [0.25, 0.3) is 0 Å². The standard InChI is InChI=1S/C21H27N3O3S/c1-5-24(17(16-10-11-16)12-15-8-6-13(2)7-9-15)21(26)22-19-18(20(25)27-4)14(3)23-28-19/h6-9,16-17H,5,10-12H2,1-4H3,(H,22,26). The second-order valence-electron chi connectivity index (χ2n) is 7.27. The van der Waals surface area contributed by atoms with Gasteiger partial charge >= 0.3 is 12.0 Å². The van der Waals surface area contributed by atoms with E-state index in [1.54, 1.807) is 6.92 Å². The summed E-state index contributed by atoms with van der Waals surface area (Å²) in [5, 5.41) is 3.34. The van der Waals surface area contributed by atoms with E-state index in [1.807, 2.05) is 11.8 Å². The van der Waals surface area contributed by atoms with Crippen LogP contribution in [0.15, 0.2) is 24.3 Å². The number of esters is 1. The Morgan fingerprint density at radius 2 is 1.96 bits per heavy atom. The van der Waals surface area contributed by atoms with Crippen LogP contribution in [-0.4, -0.2) is 41.0 Å². The summed E-state index contributed by atoms with van der Waals surface area (Å²) in [6, 6.07) is 8.44. The van der Waals surface area contributed by atoms with E-state index in [9.17, 15) is 9.59 Å². The van der Waals surface area contributed by atoms with Gasteiger partial charge in [0.05, 0.1) is 12.8 Å². The van der Waals surface area contributed by atoms with Gasteiger partial charge in [0, 0.05) is 12.6 Å². The van der Waals surface area contributed by atoms with Gasteiger partial charge in [-0.2, -0.15) is 4.37 Å². The number of carbonyl (C=O) groups is 2. The molecule has 1 aliphatic rings. The molecule has 0 bridgehead atoms. The lowest BCUT2D eigenvalue weighted by Crippen LogP contribution is -2.45. The van der Waals surface area contributed by atoms with E-state index in [4.69, 9.17) is 4.74 Å². The van der Waals surface area contributed by atoms with Crippen LogP contribution in [0.1, 0.15) is 46.9 Å². The summed E-state index contributed by atoms with van der Waals surface area (Å²) in [5.41, 5.74) is 3.36. The van der Waals surface area contributed by atoms with Gasteiger partial charge in [-0.15, -0.1) is 0 Å². The second-order valence-corrected chi connectivity index (χ2v) is 8.05. The van der Waals surface area contributed by atoms with Gasteiger partial charge in [0.15, 0.2) is 0 Å². The van der Waals surface area contributed by atoms with Crippen LogP contribution in [-0.2, 0) is 11.2 Å². The number of nitrogens with zero attached hydrogens (tertiary/aromatic N) is 2. The van der Waals surface area contributed by atoms with Crippen molar-refractivity contribution in [1.82, 2.24) is 9.27 Å². The molecule has 28 heavy (non-hydrogen) atoms. The smallest absolute Gasteiger partial charge is 0.342 e. The van der Waals surface area contributed by atoms with Crippen LogP contribution in [0.5, 0.6) is 0 Å². The molecule has 1 fully saturated rings. The van der Waals surface area contributed by atoms with Crippen molar-refractivity contribution in [1.29, 1.82) is 0 Å². The third kappa shape index (κ3) is 4.52. The summed E-state index contributed by atoms with van der Waals surface area (Å²) in [5.74, 6) is 0.0401. The first kappa shape index (κ1) is 20.3. The van der Waals surface area contributed by atoms with Crippen LogP contribution in [0.25, 0.3) is 0 Å². The Balaban J connectivity index is 1.78. The average Bonchev–Trinajstić information content (AvgIpc) is 3.46. The van der Waals surface area contributed by atoms with Crippen LogP contribution in [0.3, 0.4) is 0 Å². The number of hydrogen-bond acceptors (Lipinski definition) is 5. The van der Waals surface area contributed by atoms with Crippen molar-refractivity contribution in [2.75, 3.05) is 19.0 Å². The lowest BCUT2D eigenvalue weighted by molar-refractivity contribution is 0.0601. The van der Waals surface area contributed by atoms with Crippen LogP contribution >= 0.6 is 11.5 Å². The number of aryl methyl sites for hydroxylation is 2. The molecule has 6 nitrogen and oxygen atoms in total. The van der Waals surface area contributed by atoms with Crippen molar-refractivity contribution in [3.8, 4) is 0 Å². The largest absolute Gasteiger partial charge is 0.465 e. The monoisotopic (exact) mass is 401 g/mol. The number of carbonyl (C=O) groups excluding carboxylic acids is 2. The molecule has 7 heteroatoms. The first-order chi connectivity index (χ1) is 13.4. The molecular formula is C21H27N3O3S. The second kappa shape index (κ2) is 8.73. The lowest BCUT2D eigenvalue weighted by Gasteiger charge is -2.31. The number of aromatic nitrogens is 1. The van der Waals surface area contributed by atoms with Gasteiger partial charge in [-0.1, -0.05) is 29.8 Å². The zero-order valence-corrected chi connectivity index (χ0v) is 17.6. The van der Waals surface area contributed by atoms with Crippen LogP contribution < -0.4 is 5.32 Å². The molecule has 1 N–H and O–H groups in total. The topological polar surface area (TPSA) is 71.5 Å². The predicted molar refractivity (Wildman–Crippen MR) is 111 cm³/mol. The fourth-order valence-electron chi connectivity index (χ4n) is 3.47. The Morgan fingerprint density at radius 3 is 2.54 bits per heavy atom. The molecule has 1 atom stereocenters. The Hall–Kier alpha value is -2.41. The predicted octanol–water partition coefficient (Wildman–Crippen LogP) is 4.42. The van der Waals surface area contributed by atoms with Crippen LogP contribution in [0.4, 0.5) is 9.80 Å². The minimum atomic E-state index is -0.483. The SMILES string of the molecule is CCN(C(=O)Nc1snc(C)c1C(=O)OC)C(Cc1ccc(C)cc1)C1CC1. The average molecular weight is 402 g/mol. The summed E-state index contributed by atoms with van der Waals surface area (Å²) in [4.78, 5) is 27.0. The molecule has 2 aromatic rings. The number of hydrogen-bond donors (Lipinski definition) is 1. The third-order valence-corrected chi connectivity index (χ3v) is 6.06. The maximum atomic E-state index is 13.1. The van der Waals surface area contributed by atoms with E-state index in [-0.39, 0.29) is 12.1 Å². The summed E-state index contributed by atoms with van der Waals surface area (Å²) < 4.78 is 9.03. The number of benzene rings is 1. The normalized spacial score (nSPS) is 14.4. The highest BCUT2D eigenvalue weighted by molar-refractivity contribution is 7.11. The number of ether oxygens (including phenoxy) is 1. The number of likely N-dealkylation sites (N-methyl/N-ethyl adjacent to an activating group) is 1. The quantitative estimate of drug-likeness (QED) is 0.697. The van der Waals surface area contributed by atoms with Crippen molar-refractivity contribution in [3.63, 3.8) is 0 Å². The van der Waals surface area contributed by atoms with Crippen molar-refractivity contribution in [3.05, 3.63) is 46.6 Å². The minimum Gasteiger partial charge on any atom is -0.465 e. The van der Waals surface area contributed by atoms with Gasteiger partial charge in [-0.3, -0.25) is 5.32 Å². The molecule has 2 amide bonds. The Morgan fingerprint density at radius 1 is 1.29 bits per heavy atom. The molecule has 1 unspecified atom stereocenters. The van der Waals surface area contributed by atoms with Gasteiger partial charge < -0.3 is 9.64 Å². The molecular weight excluding hydrogens is 374 g/mol. The molecule has 0 aliphatic heterocycles. The Bertz CT molecular complexity index is 843. The molecule has 0 spiro atoms.